The molecule has 9 nitrogen and oxygen atoms in total. The van der Waals surface area contributed by atoms with Crippen LogP contribution in [0.15, 0.2) is 36.5 Å². The zero-order valence-electron chi connectivity index (χ0n) is 13.0. The number of non-ortho nitro benzene ring substituents is 1. The van der Waals surface area contributed by atoms with E-state index < -0.39 is 28.9 Å². The summed E-state index contributed by atoms with van der Waals surface area (Å²) in [5, 5.41) is 15.9. The molecule has 0 spiro atoms. The number of benzene rings is 1. The maximum atomic E-state index is 12.3. The van der Waals surface area contributed by atoms with Crippen LogP contribution < -0.4 is 10.6 Å². The van der Waals surface area contributed by atoms with Crippen LogP contribution in [0.3, 0.4) is 0 Å². The Kier molecular flexibility index (Phi) is 5.48. The maximum Gasteiger partial charge on any atom is 0.319 e. The number of rotatable bonds is 6. The van der Waals surface area contributed by atoms with Crippen molar-refractivity contribution in [1.82, 2.24) is 10.6 Å². The lowest BCUT2D eigenvalue weighted by Gasteiger charge is -2.33. The van der Waals surface area contributed by atoms with Gasteiger partial charge in [0, 0.05) is 24.9 Å². The molecule has 0 radical (unpaired) electrons. The average Bonchev–Trinajstić information content (AvgIpc) is 2.54. The number of urea groups is 1. The Labute approximate surface area is 137 Å². The Balaban J connectivity index is 2.30. The minimum Gasteiger partial charge on any atom is -0.463 e. The Morgan fingerprint density at radius 1 is 1.42 bits per heavy atom. The van der Waals surface area contributed by atoms with E-state index >= 15 is 0 Å². The van der Waals surface area contributed by atoms with Gasteiger partial charge in [0.2, 0.25) is 0 Å². The number of carbonyl (C=O) groups excluding carboxylic acids is 2. The van der Waals surface area contributed by atoms with Crippen LogP contribution in [0.2, 0.25) is 0 Å². The van der Waals surface area contributed by atoms with Crippen molar-refractivity contribution in [2.45, 2.75) is 6.04 Å². The summed E-state index contributed by atoms with van der Waals surface area (Å²) >= 11 is 0. The van der Waals surface area contributed by atoms with E-state index in [-0.39, 0.29) is 24.6 Å². The molecule has 128 valence electrons. The summed E-state index contributed by atoms with van der Waals surface area (Å²) in [5.74, 6) is -1.53. The van der Waals surface area contributed by atoms with Crippen LogP contribution in [-0.4, -0.2) is 37.2 Å². The van der Waals surface area contributed by atoms with E-state index in [1.54, 1.807) is 6.07 Å². The van der Waals surface area contributed by atoms with Gasteiger partial charge < -0.3 is 20.1 Å². The molecule has 0 unspecified atom stereocenters. The first-order chi connectivity index (χ1) is 11.4. The van der Waals surface area contributed by atoms with Crippen molar-refractivity contribution in [1.29, 1.82) is 0 Å². The lowest BCUT2D eigenvalue weighted by molar-refractivity contribution is -0.384. The van der Waals surface area contributed by atoms with Gasteiger partial charge >= 0.3 is 12.0 Å². The van der Waals surface area contributed by atoms with Crippen LogP contribution in [0.5, 0.6) is 0 Å². The molecule has 1 aromatic carbocycles. The van der Waals surface area contributed by atoms with Gasteiger partial charge in [0.1, 0.15) is 12.5 Å². The smallest absolute Gasteiger partial charge is 0.319 e. The van der Waals surface area contributed by atoms with Gasteiger partial charge in [-0.3, -0.25) is 14.9 Å². The second-order valence-electron chi connectivity index (χ2n) is 5.09. The Bertz CT molecular complexity index is 675. The maximum absolute atomic E-state index is 12.3. The molecule has 0 aliphatic carbocycles. The molecule has 0 saturated carbocycles. The van der Waals surface area contributed by atoms with Crippen LogP contribution in [0.25, 0.3) is 0 Å². The SMILES string of the molecule is C=C1NC(=O)N[C@@H](c2cccc([N+](=O)[O-])c2)[C@H]1C(=O)OCCOC. The topological polar surface area (TPSA) is 120 Å². The standard InChI is InChI=1S/C15H17N3O6/c1-9-12(14(19)24-7-6-23-2)13(17-15(20)16-9)10-4-3-5-11(8-10)18(21)22/h3-5,8,12-13H,1,6-7H2,2H3,(H2,16,17,20)/t12-,13-/m0/s1. The van der Waals surface area contributed by atoms with Crippen molar-refractivity contribution >= 4 is 17.7 Å². The molecule has 1 aromatic rings. The lowest BCUT2D eigenvalue weighted by atomic mass is 9.89. The molecule has 1 aliphatic heterocycles. The third-order valence-corrected chi connectivity index (χ3v) is 3.50. The van der Waals surface area contributed by atoms with Crippen molar-refractivity contribution in [3.63, 3.8) is 0 Å². The van der Waals surface area contributed by atoms with Gasteiger partial charge in [-0.15, -0.1) is 0 Å². The first kappa shape index (κ1) is 17.4. The molecular formula is C15H17N3O6. The van der Waals surface area contributed by atoms with E-state index in [2.05, 4.69) is 17.2 Å². The lowest BCUT2D eigenvalue weighted by Crippen LogP contribution is -2.51. The minimum atomic E-state index is -0.915. The van der Waals surface area contributed by atoms with Gasteiger partial charge in [-0.05, 0) is 5.56 Å². The number of hydrogen-bond acceptors (Lipinski definition) is 6. The number of carbonyl (C=O) groups is 2. The van der Waals surface area contributed by atoms with E-state index in [1.165, 1.54) is 25.3 Å². The molecular weight excluding hydrogens is 318 g/mol. The molecule has 2 N–H and O–H groups in total. The quantitative estimate of drug-likeness (QED) is 0.350. The van der Waals surface area contributed by atoms with E-state index in [0.29, 0.717) is 5.56 Å². The Morgan fingerprint density at radius 2 is 2.17 bits per heavy atom. The normalized spacial score (nSPS) is 20.0. The second kappa shape index (κ2) is 7.55. The summed E-state index contributed by atoms with van der Waals surface area (Å²) in [7, 11) is 1.47. The summed E-state index contributed by atoms with van der Waals surface area (Å²) in [6.45, 7) is 3.97. The molecule has 24 heavy (non-hydrogen) atoms. The molecule has 2 rings (SSSR count). The van der Waals surface area contributed by atoms with Gasteiger partial charge in [-0.1, -0.05) is 18.7 Å². The van der Waals surface area contributed by atoms with Gasteiger partial charge in [0.25, 0.3) is 5.69 Å². The highest BCUT2D eigenvalue weighted by Crippen LogP contribution is 2.31. The zero-order valence-corrected chi connectivity index (χ0v) is 13.0. The van der Waals surface area contributed by atoms with Crippen molar-refractivity contribution < 1.29 is 24.0 Å². The van der Waals surface area contributed by atoms with E-state index in [9.17, 15) is 19.7 Å². The van der Waals surface area contributed by atoms with Crippen LogP contribution in [0, 0.1) is 16.0 Å². The van der Waals surface area contributed by atoms with E-state index in [1.807, 2.05) is 0 Å². The molecule has 2 atom stereocenters. The summed E-state index contributed by atoms with van der Waals surface area (Å²) in [6, 6.07) is 4.34. The fraction of sp³-hybridized carbons (Fsp3) is 0.333. The molecule has 0 bridgehead atoms. The number of esters is 1. The highest BCUT2D eigenvalue weighted by atomic mass is 16.6. The number of nitro benzene ring substituents is 1. The molecule has 0 aromatic heterocycles. The van der Waals surface area contributed by atoms with Gasteiger partial charge in [-0.25, -0.2) is 4.79 Å². The van der Waals surface area contributed by atoms with Crippen molar-refractivity contribution in [3.05, 3.63) is 52.2 Å². The van der Waals surface area contributed by atoms with E-state index in [0.717, 1.165) is 0 Å². The van der Waals surface area contributed by atoms with E-state index in [4.69, 9.17) is 9.47 Å². The molecule has 1 saturated heterocycles. The predicted octanol–water partition coefficient (Wildman–Crippen LogP) is 1.27. The first-order valence-electron chi connectivity index (χ1n) is 7.10. The molecule has 1 fully saturated rings. The highest BCUT2D eigenvalue weighted by molar-refractivity contribution is 5.85. The number of methoxy groups -OCH3 is 1. The third kappa shape index (κ3) is 3.87. The molecule has 2 amide bonds. The van der Waals surface area contributed by atoms with Crippen molar-refractivity contribution in [2.75, 3.05) is 20.3 Å². The van der Waals surface area contributed by atoms with Crippen molar-refractivity contribution in [3.8, 4) is 0 Å². The van der Waals surface area contributed by atoms with Crippen LogP contribution in [0.4, 0.5) is 10.5 Å². The van der Waals surface area contributed by atoms with Crippen molar-refractivity contribution in [2.24, 2.45) is 5.92 Å². The summed E-state index contributed by atoms with van der Waals surface area (Å²) in [4.78, 5) is 34.4. The first-order valence-corrected chi connectivity index (χ1v) is 7.10. The number of ether oxygens (including phenoxy) is 2. The largest absolute Gasteiger partial charge is 0.463 e. The van der Waals surface area contributed by atoms with Crippen LogP contribution in [-0.2, 0) is 14.3 Å². The third-order valence-electron chi connectivity index (χ3n) is 3.50. The summed E-state index contributed by atoms with van der Waals surface area (Å²) < 4.78 is 9.92. The zero-order chi connectivity index (χ0) is 17.7. The molecule has 1 aliphatic rings. The Morgan fingerprint density at radius 3 is 2.83 bits per heavy atom. The number of nitrogens with zero attached hydrogens (tertiary/aromatic N) is 1. The summed E-state index contributed by atoms with van der Waals surface area (Å²) in [6.07, 6.45) is 0. The van der Waals surface area contributed by atoms with Gasteiger partial charge in [0.05, 0.1) is 17.6 Å². The van der Waals surface area contributed by atoms with Crippen LogP contribution in [0.1, 0.15) is 11.6 Å². The number of nitro groups is 1. The van der Waals surface area contributed by atoms with Crippen LogP contribution >= 0.6 is 0 Å². The molecule has 9 heteroatoms. The fourth-order valence-corrected chi connectivity index (χ4v) is 2.39. The highest BCUT2D eigenvalue weighted by Gasteiger charge is 2.39. The minimum absolute atomic E-state index is 0.0503. The predicted molar refractivity (Wildman–Crippen MR) is 83.0 cm³/mol. The summed E-state index contributed by atoms with van der Waals surface area (Å²) in [5.41, 5.74) is 0.434. The Hall–Kier alpha value is -2.94. The van der Waals surface area contributed by atoms with Gasteiger partial charge in [-0.2, -0.15) is 0 Å². The second-order valence-corrected chi connectivity index (χ2v) is 5.09. The number of hydrogen-bond donors (Lipinski definition) is 2. The monoisotopic (exact) mass is 335 g/mol. The number of amides is 2. The number of nitrogens with one attached hydrogen (secondary N) is 2. The fourth-order valence-electron chi connectivity index (χ4n) is 2.39. The average molecular weight is 335 g/mol. The van der Waals surface area contributed by atoms with Gasteiger partial charge in [0.15, 0.2) is 0 Å². The molecule has 1 heterocycles.